The van der Waals surface area contributed by atoms with Crippen LogP contribution in [0.15, 0.2) is 51.9 Å². The van der Waals surface area contributed by atoms with Crippen molar-refractivity contribution in [2.24, 2.45) is 0 Å². The highest BCUT2D eigenvalue weighted by molar-refractivity contribution is 7.89. The largest absolute Gasteiger partial charge is 0.493 e. The summed E-state index contributed by atoms with van der Waals surface area (Å²) in [6.45, 7) is 0.513. The average Bonchev–Trinajstić information content (AvgIpc) is 3.34. The number of sulfonamides is 1. The van der Waals surface area contributed by atoms with Gasteiger partial charge in [0.25, 0.3) is 5.69 Å². The summed E-state index contributed by atoms with van der Waals surface area (Å²) in [6, 6.07) is 10.1. The van der Waals surface area contributed by atoms with E-state index in [0.29, 0.717) is 48.2 Å². The van der Waals surface area contributed by atoms with E-state index in [2.05, 4.69) is 10.1 Å². The Labute approximate surface area is 190 Å². The van der Waals surface area contributed by atoms with Gasteiger partial charge >= 0.3 is 0 Å². The van der Waals surface area contributed by atoms with E-state index in [-0.39, 0.29) is 23.0 Å². The van der Waals surface area contributed by atoms with Gasteiger partial charge in [0.1, 0.15) is 0 Å². The maximum atomic E-state index is 13.1. The van der Waals surface area contributed by atoms with E-state index in [1.807, 2.05) is 0 Å². The standard InChI is InChI=1S/C21H22N4O7S/c1-30-18-10-5-14(12-19(18)31-2)20-22-21(32-23-20)15-4-3-11-24(13-15)33(28,29)17-8-6-16(7-9-17)25(26)27/h5-10,12,15H,3-4,11,13H2,1-2H3/t15-/m0/s1. The number of nitro groups is 1. The second-order valence-electron chi connectivity index (χ2n) is 7.48. The van der Waals surface area contributed by atoms with Crippen LogP contribution in [0.3, 0.4) is 0 Å². The molecule has 2 heterocycles. The molecule has 0 bridgehead atoms. The van der Waals surface area contributed by atoms with Gasteiger partial charge in [-0.15, -0.1) is 0 Å². The molecule has 0 unspecified atom stereocenters. The summed E-state index contributed by atoms with van der Waals surface area (Å²) in [6.07, 6.45) is 1.31. The number of hydrogen-bond donors (Lipinski definition) is 0. The summed E-state index contributed by atoms with van der Waals surface area (Å²) < 4.78 is 43.5. The van der Waals surface area contributed by atoms with E-state index >= 15 is 0 Å². The van der Waals surface area contributed by atoms with Crippen molar-refractivity contribution in [1.82, 2.24) is 14.4 Å². The van der Waals surface area contributed by atoms with Gasteiger partial charge in [-0.25, -0.2) is 8.42 Å². The van der Waals surface area contributed by atoms with Crippen molar-refractivity contribution in [2.45, 2.75) is 23.7 Å². The van der Waals surface area contributed by atoms with Crippen LogP contribution in [0.5, 0.6) is 11.5 Å². The van der Waals surface area contributed by atoms with E-state index in [1.54, 1.807) is 25.3 Å². The monoisotopic (exact) mass is 474 g/mol. The quantitative estimate of drug-likeness (QED) is 0.373. The number of nitro benzene ring substituents is 1. The minimum absolute atomic E-state index is 0.00490. The second-order valence-corrected chi connectivity index (χ2v) is 9.42. The Morgan fingerprint density at radius 3 is 2.52 bits per heavy atom. The predicted molar refractivity (Wildman–Crippen MR) is 117 cm³/mol. The van der Waals surface area contributed by atoms with Gasteiger partial charge in [-0.1, -0.05) is 5.16 Å². The third-order valence-corrected chi connectivity index (χ3v) is 7.38. The first kappa shape index (κ1) is 22.7. The maximum absolute atomic E-state index is 13.1. The summed E-state index contributed by atoms with van der Waals surface area (Å²) in [5, 5.41) is 14.9. The fraction of sp³-hybridized carbons (Fsp3) is 0.333. The van der Waals surface area contributed by atoms with Gasteiger partial charge in [0.2, 0.25) is 21.7 Å². The Bertz CT molecular complexity index is 1260. The minimum Gasteiger partial charge on any atom is -0.493 e. The molecule has 1 aliphatic rings. The van der Waals surface area contributed by atoms with E-state index in [1.165, 1.54) is 35.7 Å². The van der Waals surface area contributed by atoms with Crippen molar-refractivity contribution >= 4 is 15.7 Å². The molecule has 0 amide bonds. The molecule has 1 saturated heterocycles. The van der Waals surface area contributed by atoms with Crippen LogP contribution in [-0.2, 0) is 10.0 Å². The molecule has 0 radical (unpaired) electrons. The first-order valence-corrected chi connectivity index (χ1v) is 11.6. The summed E-state index contributed by atoms with van der Waals surface area (Å²) in [4.78, 5) is 14.8. The molecule has 4 rings (SSSR count). The molecular weight excluding hydrogens is 452 g/mol. The lowest BCUT2D eigenvalue weighted by Crippen LogP contribution is -2.39. The Kier molecular flexibility index (Phi) is 6.29. The van der Waals surface area contributed by atoms with Gasteiger partial charge in [-0.2, -0.15) is 9.29 Å². The highest BCUT2D eigenvalue weighted by Crippen LogP contribution is 2.34. The highest BCUT2D eigenvalue weighted by Gasteiger charge is 2.33. The molecule has 1 atom stereocenters. The van der Waals surface area contributed by atoms with E-state index in [9.17, 15) is 18.5 Å². The summed E-state index contributed by atoms with van der Waals surface area (Å²) >= 11 is 0. The molecule has 0 saturated carbocycles. The van der Waals surface area contributed by atoms with Crippen LogP contribution >= 0.6 is 0 Å². The molecule has 2 aromatic carbocycles. The topological polar surface area (TPSA) is 138 Å². The lowest BCUT2D eigenvalue weighted by Gasteiger charge is -2.30. The number of benzene rings is 2. The third kappa shape index (κ3) is 4.52. The summed E-state index contributed by atoms with van der Waals surface area (Å²) in [7, 11) is -0.739. The fourth-order valence-corrected chi connectivity index (χ4v) is 5.27. The van der Waals surface area contributed by atoms with E-state index in [0.717, 1.165) is 0 Å². The first-order chi connectivity index (χ1) is 15.8. The Hall–Kier alpha value is -3.51. The normalized spacial score (nSPS) is 17.0. The molecule has 1 fully saturated rings. The van der Waals surface area contributed by atoms with Crippen molar-refractivity contribution < 1.29 is 27.3 Å². The van der Waals surface area contributed by atoms with Gasteiger partial charge in [0.15, 0.2) is 11.5 Å². The molecule has 3 aromatic rings. The Balaban J connectivity index is 1.53. The Morgan fingerprint density at radius 2 is 1.85 bits per heavy atom. The van der Waals surface area contributed by atoms with Gasteiger partial charge in [0.05, 0.1) is 30.0 Å². The van der Waals surface area contributed by atoms with E-state index in [4.69, 9.17) is 14.0 Å². The molecule has 1 aliphatic heterocycles. The van der Waals surface area contributed by atoms with Crippen molar-refractivity contribution in [3.05, 3.63) is 58.5 Å². The second kappa shape index (κ2) is 9.16. The average molecular weight is 474 g/mol. The van der Waals surface area contributed by atoms with Crippen LogP contribution in [-0.4, -0.2) is 55.1 Å². The lowest BCUT2D eigenvalue weighted by atomic mass is 10.00. The number of piperidine rings is 1. The van der Waals surface area contributed by atoms with Crippen molar-refractivity contribution in [1.29, 1.82) is 0 Å². The van der Waals surface area contributed by atoms with Crippen LogP contribution in [0.4, 0.5) is 5.69 Å². The van der Waals surface area contributed by atoms with Gasteiger partial charge < -0.3 is 14.0 Å². The number of non-ortho nitro benzene ring substituents is 1. The zero-order chi connectivity index (χ0) is 23.6. The molecule has 0 spiro atoms. The number of ether oxygens (including phenoxy) is 2. The third-order valence-electron chi connectivity index (χ3n) is 5.50. The molecule has 12 heteroatoms. The minimum atomic E-state index is -3.82. The smallest absolute Gasteiger partial charge is 0.269 e. The van der Waals surface area contributed by atoms with Gasteiger partial charge in [-0.05, 0) is 43.2 Å². The van der Waals surface area contributed by atoms with Crippen LogP contribution in [0.1, 0.15) is 24.7 Å². The van der Waals surface area contributed by atoms with Crippen molar-refractivity contribution in [3.63, 3.8) is 0 Å². The molecule has 0 N–H and O–H groups in total. The van der Waals surface area contributed by atoms with Gasteiger partial charge in [0, 0.05) is 30.8 Å². The molecule has 0 aliphatic carbocycles. The summed E-state index contributed by atoms with van der Waals surface area (Å²) in [5.74, 6) is 1.54. The molecule has 33 heavy (non-hydrogen) atoms. The summed E-state index contributed by atoms with van der Waals surface area (Å²) in [5.41, 5.74) is 0.507. The number of rotatable bonds is 7. The molecular formula is C21H22N4O7S. The number of hydrogen-bond acceptors (Lipinski definition) is 9. The lowest BCUT2D eigenvalue weighted by molar-refractivity contribution is -0.384. The molecule has 11 nitrogen and oxygen atoms in total. The van der Waals surface area contributed by atoms with Crippen molar-refractivity contribution in [3.8, 4) is 22.9 Å². The van der Waals surface area contributed by atoms with Crippen LogP contribution in [0.25, 0.3) is 11.4 Å². The zero-order valence-electron chi connectivity index (χ0n) is 18.0. The fourth-order valence-electron chi connectivity index (χ4n) is 3.74. The first-order valence-electron chi connectivity index (χ1n) is 10.1. The van der Waals surface area contributed by atoms with Crippen LogP contribution in [0, 0.1) is 10.1 Å². The number of nitrogens with zero attached hydrogens (tertiary/aromatic N) is 4. The van der Waals surface area contributed by atoms with E-state index < -0.39 is 14.9 Å². The molecule has 1 aromatic heterocycles. The van der Waals surface area contributed by atoms with Crippen molar-refractivity contribution in [2.75, 3.05) is 27.3 Å². The maximum Gasteiger partial charge on any atom is 0.269 e. The van der Waals surface area contributed by atoms with Crippen LogP contribution in [0.2, 0.25) is 0 Å². The predicted octanol–water partition coefficient (Wildman–Crippen LogP) is 3.23. The number of aromatic nitrogens is 2. The van der Waals surface area contributed by atoms with Gasteiger partial charge in [-0.3, -0.25) is 10.1 Å². The zero-order valence-corrected chi connectivity index (χ0v) is 18.8. The number of methoxy groups -OCH3 is 2. The van der Waals surface area contributed by atoms with Crippen LogP contribution < -0.4 is 9.47 Å². The SMILES string of the molecule is COc1ccc(-c2noc([C@H]3CCCN(S(=O)(=O)c4ccc([N+](=O)[O-])cc4)C3)n2)cc1OC. The Morgan fingerprint density at radius 1 is 1.12 bits per heavy atom. The highest BCUT2D eigenvalue weighted by atomic mass is 32.2. The molecule has 174 valence electrons.